The molecule has 1 aromatic carbocycles. The standard InChI is InChI=1S/C15H22N2/c16-9-12-5-7-15(8-6-12)17(10-13-1-2-13)11-14-3-4-14/h5-8,13-14H,1-4,9-11,16H2. The molecule has 0 saturated heterocycles. The van der Waals surface area contributed by atoms with Crippen molar-refractivity contribution in [3.63, 3.8) is 0 Å². The Bertz CT molecular complexity index is 349. The molecule has 0 radical (unpaired) electrons. The molecule has 1 aromatic rings. The van der Waals surface area contributed by atoms with Gasteiger partial charge in [-0.15, -0.1) is 0 Å². The van der Waals surface area contributed by atoms with Gasteiger partial charge in [0.1, 0.15) is 0 Å². The van der Waals surface area contributed by atoms with Crippen LogP contribution in [0.2, 0.25) is 0 Å². The van der Waals surface area contributed by atoms with E-state index in [0.717, 1.165) is 11.8 Å². The number of rotatable bonds is 6. The van der Waals surface area contributed by atoms with Gasteiger partial charge in [0.2, 0.25) is 0 Å². The molecule has 3 rings (SSSR count). The summed E-state index contributed by atoms with van der Waals surface area (Å²) in [5.74, 6) is 1.92. The summed E-state index contributed by atoms with van der Waals surface area (Å²) in [6.45, 7) is 3.17. The SMILES string of the molecule is NCc1ccc(N(CC2CC2)CC2CC2)cc1. The normalized spacial score (nSPS) is 19.4. The van der Waals surface area contributed by atoms with Crippen molar-refractivity contribution in [3.05, 3.63) is 29.8 Å². The summed E-state index contributed by atoms with van der Waals surface area (Å²) in [5, 5.41) is 0. The Morgan fingerprint density at radius 2 is 1.47 bits per heavy atom. The lowest BCUT2D eigenvalue weighted by Gasteiger charge is -2.25. The Kier molecular flexibility index (Phi) is 3.06. The first-order valence-electron chi connectivity index (χ1n) is 6.89. The van der Waals surface area contributed by atoms with Crippen LogP contribution in [0.4, 0.5) is 5.69 Å². The van der Waals surface area contributed by atoms with Gasteiger partial charge < -0.3 is 10.6 Å². The van der Waals surface area contributed by atoms with Crippen LogP contribution in [0.25, 0.3) is 0 Å². The molecule has 2 nitrogen and oxygen atoms in total. The first kappa shape index (κ1) is 11.1. The molecule has 2 aliphatic carbocycles. The van der Waals surface area contributed by atoms with E-state index in [1.807, 2.05) is 0 Å². The molecule has 2 aliphatic rings. The van der Waals surface area contributed by atoms with Gasteiger partial charge in [0.15, 0.2) is 0 Å². The van der Waals surface area contributed by atoms with E-state index in [4.69, 9.17) is 5.73 Å². The maximum atomic E-state index is 5.64. The molecule has 0 bridgehead atoms. The third-order valence-electron chi connectivity index (χ3n) is 3.89. The highest BCUT2D eigenvalue weighted by molar-refractivity contribution is 5.48. The third kappa shape index (κ3) is 3.01. The second kappa shape index (κ2) is 4.69. The smallest absolute Gasteiger partial charge is 0.0366 e. The van der Waals surface area contributed by atoms with Crippen LogP contribution in [-0.4, -0.2) is 13.1 Å². The first-order valence-corrected chi connectivity index (χ1v) is 6.89. The maximum absolute atomic E-state index is 5.64. The van der Waals surface area contributed by atoms with Gasteiger partial charge in [-0.05, 0) is 55.2 Å². The predicted octanol–water partition coefficient (Wildman–Crippen LogP) is 2.77. The number of hydrogen-bond acceptors (Lipinski definition) is 2. The highest BCUT2D eigenvalue weighted by Crippen LogP contribution is 2.35. The van der Waals surface area contributed by atoms with E-state index in [9.17, 15) is 0 Å². The Morgan fingerprint density at radius 1 is 0.941 bits per heavy atom. The van der Waals surface area contributed by atoms with Crippen LogP contribution < -0.4 is 10.6 Å². The van der Waals surface area contributed by atoms with Gasteiger partial charge in [0.25, 0.3) is 0 Å². The zero-order valence-corrected chi connectivity index (χ0v) is 10.4. The van der Waals surface area contributed by atoms with Gasteiger partial charge in [-0.1, -0.05) is 12.1 Å². The minimum absolute atomic E-state index is 0.644. The summed E-state index contributed by atoms with van der Waals surface area (Å²) in [7, 11) is 0. The van der Waals surface area contributed by atoms with Crippen LogP contribution in [0.15, 0.2) is 24.3 Å². The summed E-state index contributed by atoms with van der Waals surface area (Å²) >= 11 is 0. The van der Waals surface area contributed by atoms with Crippen LogP contribution in [0, 0.1) is 11.8 Å². The van der Waals surface area contributed by atoms with Crippen molar-refractivity contribution in [2.24, 2.45) is 17.6 Å². The number of hydrogen-bond donors (Lipinski definition) is 1. The van der Waals surface area contributed by atoms with Crippen molar-refractivity contribution in [2.45, 2.75) is 32.2 Å². The average Bonchev–Trinajstić information content (AvgIpc) is 3.23. The van der Waals surface area contributed by atoms with Gasteiger partial charge in [0.05, 0.1) is 0 Å². The molecule has 0 unspecified atom stereocenters. The Balaban J connectivity index is 1.69. The fraction of sp³-hybridized carbons (Fsp3) is 0.600. The monoisotopic (exact) mass is 230 g/mol. The van der Waals surface area contributed by atoms with Crippen LogP contribution >= 0.6 is 0 Å². The maximum Gasteiger partial charge on any atom is 0.0366 e. The lowest BCUT2D eigenvalue weighted by molar-refractivity contribution is 0.679. The summed E-state index contributed by atoms with van der Waals surface area (Å²) < 4.78 is 0. The second-order valence-electron chi connectivity index (χ2n) is 5.66. The van der Waals surface area contributed by atoms with Crippen LogP contribution in [0.3, 0.4) is 0 Å². The average molecular weight is 230 g/mol. The lowest BCUT2D eigenvalue weighted by atomic mass is 10.2. The molecule has 2 fully saturated rings. The number of benzene rings is 1. The third-order valence-corrected chi connectivity index (χ3v) is 3.89. The quantitative estimate of drug-likeness (QED) is 0.814. The zero-order chi connectivity index (χ0) is 11.7. The number of anilines is 1. The summed E-state index contributed by atoms with van der Waals surface area (Å²) in [6, 6.07) is 8.82. The molecule has 0 heterocycles. The van der Waals surface area contributed by atoms with Crippen molar-refractivity contribution in [1.29, 1.82) is 0 Å². The molecule has 0 aromatic heterocycles. The molecule has 0 aliphatic heterocycles. The molecule has 2 heteroatoms. The van der Waals surface area contributed by atoms with E-state index in [-0.39, 0.29) is 0 Å². The summed E-state index contributed by atoms with van der Waals surface area (Å²) in [5.41, 5.74) is 8.26. The highest BCUT2D eigenvalue weighted by atomic mass is 15.1. The summed E-state index contributed by atoms with van der Waals surface area (Å²) in [4.78, 5) is 2.59. The molecule has 2 saturated carbocycles. The molecular weight excluding hydrogens is 208 g/mol. The number of nitrogens with two attached hydrogens (primary N) is 1. The topological polar surface area (TPSA) is 29.3 Å². The Labute approximate surface area is 104 Å². The van der Waals surface area contributed by atoms with E-state index < -0.39 is 0 Å². The van der Waals surface area contributed by atoms with E-state index in [1.165, 1.54) is 50.0 Å². The fourth-order valence-corrected chi connectivity index (χ4v) is 2.35. The van der Waals surface area contributed by atoms with Crippen LogP contribution in [0.1, 0.15) is 31.2 Å². The van der Waals surface area contributed by atoms with E-state index in [2.05, 4.69) is 29.2 Å². The van der Waals surface area contributed by atoms with Gasteiger partial charge in [0, 0.05) is 25.3 Å². The van der Waals surface area contributed by atoms with Crippen LogP contribution in [-0.2, 0) is 6.54 Å². The van der Waals surface area contributed by atoms with Crippen molar-refractivity contribution in [2.75, 3.05) is 18.0 Å². The molecular formula is C15H22N2. The molecule has 2 N–H and O–H groups in total. The van der Waals surface area contributed by atoms with Gasteiger partial charge in [-0.25, -0.2) is 0 Å². The van der Waals surface area contributed by atoms with Gasteiger partial charge >= 0.3 is 0 Å². The molecule has 0 spiro atoms. The van der Waals surface area contributed by atoms with E-state index in [1.54, 1.807) is 0 Å². The van der Waals surface area contributed by atoms with E-state index in [0.29, 0.717) is 6.54 Å². The molecule has 0 atom stereocenters. The van der Waals surface area contributed by atoms with Gasteiger partial charge in [-0.3, -0.25) is 0 Å². The highest BCUT2D eigenvalue weighted by Gasteiger charge is 2.29. The van der Waals surface area contributed by atoms with E-state index >= 15 is 0 Å². The lowest BCUT2D eigenvalue weighted by Crippen LogP contribution is -2.28. The molecule has 0 amide bonds. The van der Waals surface area contributed by atoms with Crippen molar-refractivity contribution in [1.82, 2.24) is 0 Å². The Hall–Kier alpha value is -1.02. The fourth-order valence-electron chi connectivity index (χ4n) is 2.35. The van der Waals surface area contributed by atoms with Crippen molar-refractivity contribution < 1.29 is 0 Å². The van der Waals surface area contributed by atoms with Crippen molar-refractivity contribution >= 4 is 5.69 Å². The zero-order valence-electron chi connectivity index (χ0n) is 10.4. The van der Waals surface area contributed by atoms with Crippen LogP contribution in [0.5, 0.6) is 0 Å². The minimum atomic E-state index is 0.644. The molecule has 92 valence electrons. The second-order valence-corrected chi connectivity index (χ2v) is 5.66. The van der Waals surface area contributed by atoms with Gasteiger partial charge in [-0.2, -0.15) is 0 Å². The number of nitrogens with zero attached hydrogens (tertiary/aromatic N) is 1. The first-order chi connectivity index (χ1) is 8.35. The van der Waals surface area contributed by atoms with Crippen molar-refractivity contribution in [3.8, 4) is 0 Å². The minimum Gasteiger partial charge on any atom is -0.371 e. The molecule has 17 heavy (non-hydrogen) atoms. The predicted molar refractivity (Wildman–Crippen MR) is 72.0 cm³/mol. The largest absolute Gasteiger partial charge is 0.371 e. The summed E-state index contributed by atoms with van der Waals surface area (Å²) in [6.07, 6.45) is 5.73. The Morgan fingerprint density at radius 3 is 1.88 bits per heavy atom.